The summed E-state index contributed by atoms with van der Waals surface area (Å²) in [6.07, 6.45) is 3.40. The molecular weight excluding hydrogens is 373 g/mol. The normalized spacial score (nSPS) is 13.9. The van der Waals surface area contributed by atoms with Gasteiger partial charge in [0.1, 0.15) is 0 Å². The topological polar surface area (TPSA) is 66.7 Å². The van der Waals surface area contributed by atoms with Crippen LogP contribution in [0.1, 0.15) is 33.9 Å². The molecule has 1 aliphatic rings. The van der Waals surface area contributed by atoms with E-state index in [0.717, 1.165) is 18.9 Å². The zero-order chi connectivity index (χ0) is 19.8. The van der Waals surface area contributed by atoms with Crippen molar-refractivity contribution in [2.45, 2.75) is 12.8 Å². The van der Waals surface area contributed by atoms with Gasteiger partial charge in [-0.05, 0) is 37.1 Å². The van der Waals surface area contributed by atoms with Crippen LogP contribution < -0.4 is 5.32 Å². The van der Waals surface area contributed by atoms with E-state index in [9.17, 15) is 22.8 Å². The summed E-state index contributed by atoms with van der Waals surface area (Å²) in [7, 11) is 0. The predicted molar refractivity (Wildman–Crippen MR) is 94.6 cm³/mol. The van der Waals surface area contributed by atoms with Gasteiger partial charge in [0.25, 0.3) is 11.8 Å². The van der Waals surface area contributed by atoms with Crippen molar-refractivity contribution >= 4 is 23.0 Å². The number of imidazole rings is 1. The van der Waals surface area contributed by atoms with Gasteiger partial charge in [0.2, 0.25) is 5.82 Å². The minimum absolute atomic E-state index is 0.0633. The van der Waals surface area contributed by atoms with E-state index in [-0.39, 0.29) is 17.4 Å². The fourth-order valence-electron chi connectivity index (χ4n) is 3.22. The number of carbonyl (C=O) groups excluding carboxylic acids is 2. The van der Waals surface area contributed by atoms with E-state index < -0.39 is 29.0 Å². The molecule has 3 aromatic rings. The summed E-state index contributed by atoms with van der Waals surface area (Å²) in [6, 6.07) is 6.56. The number of aromatic nitrogens is 2. The third-order valence-corrected chi connectivity index (χ3v) is 4.63. The first-order valence-electron chi connectivity index (χ1n) is 8.68. The first kappa shape index (κ1) is 18.0. The van der Waals surface area contributed by atoms with Gasteiger partial charge in [0, 0.05) is 19.3 Å². The number of likely N-dealkylation sites (tertiary alicyclic amines) is 1. The van der Waals surface area contributed by atoms with Crippen molar-refractivity contribution in [1.29, 1.82) is 0 Å². The summed E-state index contributed by atoms with van der Waals surface area (Å²) in [5, 5.41) is 2.19. The second-order valence-corrected chi connectivity index (χ2v) is 6.42. The number of halogens is 3. The van der Waals surface area contributed by atoms with E-state index in [1.807, 2.05) is 0 Å². The molecule has 1 aromatic carbocycles. The number of fused-ring (bicyclic) bond motifs is 1. The standard InChI is InChI=1S/C19H15F3N4O2/c20-11-6-7-12(15(22)14(11)21)23-18(27)16-13-5-1-2-10-26(13)17(24-16)19(28)25-8-3-4-9-25/h1-2,5-7,10H,3-4,8-9H2,(H,23,27). The molecule has 9 heteroatoms. The molecule has 1 N–H and O–H groups in total. The number of nitrogens with one attached hydrogen (secondary N) is 1. The van der Waals surface area contributed by atoms with Crippen LogP contribution in [0.15, 0.2) is 36.5 Å². The molecule has 1 aliphatic heterocycles. The number of hydrogen-bond acceptors (Lipinski definition) is 3. The monoisotopic (exact) mass is 388 g/mol. The SMILES string of the molecule is O=C(Nc1ccc(F)c(F)c1F)c1nc(C(=O)N2CCCC2)n2ccccc12. The number of anilines is 1. The molecule has 0 bridgehead atoms. The molecule has 1 saturated heterocycles. The fourth-order valence-corrected chi connectivity index (χ4v) is 3.22. The van der Waals surface area contributed by atoms with Crippen molar-refractivity contribution < 1.29 is 22.8 Å². The van der Waals surface area contributed by atoms with Crippen molar-refractivity contribution in [2.75, 3.05) is 18.4 Å². The van der Waals surface area contributed by atoms with Crippen molar-refractivity contribution in [3.63, 3.8) is 0 Å². The molecule has 2 amide bonds. The second-order valence-electron chi connectivity index (χ2n) is 6.42. The molecule has 1 fully saturated rings. The first-order chi connectivity index (χ1) is 13.5. The second kappa shape index (κ2) is 6.99. The van der Waals surface area contributed by atoms with Crippen molar-refractivity contribution in [3.8, 4) is 0 Å². The average Bonchev–Trinajstić information content (AvgIpc) is 3.36. The molecule has 3 heterocycles. The highest BCUT2D eigenvalue weighted by atomic mass is 19.2. The van der Waals surface area contributed by atoms with Crippen LogP contribution >= 0.6 is 0 Å². The van der Waals surface area contributed by atoms with Crippen LogP contribution in [0.25, 0.3) is 5.52 Å². The third-order valence-electron chi connectivity index (χ3n) is 4.63. The maximum atomic E-state index is 13.9. The van der Waals surface area contributed by atoms with E-state index in [4.69, 9.17) is 0 Å². The maximum absolute atomic E-state index is 13.9. The van der Waals surface area contributed by atoms with E-state index in [0.29, 0.717) is 24.7 Å². The number of nitrogens with zero attached hydrogens (tertiary/aromatic N) is 3. The number of amides is 2. The highest BCUT2D eigenvalue weighted by Gasteiger charge is 2.27. The lowest BCUT2D eigenvalue weighted by Gasteiger charge is -2.13. The van der Waals surface area contributed by atoms with Crippen LogP contribution in [-0.2, 0) is 0 Å². The summed E-state index contributed by atoms with van der Waals surface area (Å²) in [4.78, 5) is 31.2. The van der Waals surface area contributed by atoms with Crippen LogP contribution in [0.5, 0.6) is 0 Å². The molecule has 0 atom stereocenters. The van der Waals surface area contributed by atoms with E-state index in [2.05, 4.69) is 10.3 Å². The fraction of sp³-hybridized carbons (Fsp3) is 0.211. The Bertz CT molecular complexity index is 1090. The molecule has 6 nitrogen and oxygen atoms in total. The van der Waals surface area contributed by atoms with Gasteiger partial charge in [-0.3, -0.25) is 14.0 Å². The van der Waals surface area contributed by atoms with Gasteiger partial charge in [0.15, 0.2) is 23.1 Å². The van der Waals surface area contributed by atoms with Crippen molar-refractivity contribution in [1.82, 2.24) is 14.3 Å². The zero-order valence-electron chi connectivity index (χ0n) is 14.6. The number of rotatable bonds is 3. The van der Waals surface area contributed by atoms with Gasteiger partial charge in [0.05, 0.1) is 11.2 Å². The van der Waals surface area contributed by atoms with Crippen LogP contribution in [-0.4, -0.2) is 39.2 Å². The Balaban J connectivity index is 1.72. The Kier molecular flexibility index (Phi) is 4.50. The molecule has 0 spiro atoms. The Morgan fingerprint density at radius 2 is 1.75 bits per heavy atom. The summed E-state index contributed by atoms with van der Waals surface area (Å²) >= 11 is 0. The first-order valence-corrected chi connectivity index (χ1v) is 8.68. The quantitative estimate of drug-likeness (QED) is 0.701. The maximum Gasteiger partial charge on any atom is 0.290 e. The number of hydrogen-bond donors (Lipinski definition) is 1. The van der Waals surface area contributed by atoms with Gasteiger partial charge in [-0.2, -0.15) is 0 Å². The molecular formula is C19H15F3N4O2. The lowest BCUT2D eigenvalue weighted by molar-refractivity contribution is 0.0780. The van der Waals surface area contributed by atoms with Gasteiger partial charge in [-0.1, -0.05) is 6.07 Å². The van der Waals surface area contributed by atoms with Crippen molar-refractivity contribution in [2.24, 2.45) is 0 Å². The number of carbonyl (C=O) groups is 2. The van der Waals surface area contributed by atoms with Crippen LogP contribution in [0, 0.1) is 17.5 Å². The van der Waals surface area contributed by atoms with E-state index in [1.54, 1.807) is 29.3 Å². The molecule has 0 saturated carbocycles. The van der Waals surface area contributed by atoms with Gasteiger partial charge in [-0.15, -0.1) is 0 Å². The average molecular weight is 388 g/mol. The predicted octanol–water partition coefficient (Wildman–Crippen LogP) is 3.24. The lowest BCUT2D eigenvalue weighted by atomic mass is 10.2. The zero-order valence-corrected chi connectivity index (χ0v) is 14.6. The van der Waals surface area contributed by atoms with Crippen LogP contribution in [0.2, 0.25) is 0 Å². The molecule has 0 aliphatic carbocycles. The summed E-state index contributed by atoms with van der Waals surface area (Å²) in [6.45, 7) is 1.23. The molecule has 144 valence electrons. The van der Waals surface area contributed by atoms with Crippen LogP contribution in [0.3, 0.4) is 0 Å². The highest BCUT2D eigenvalue weighted by molar-refractivity contribution is 6.09. The number of benzene rings is 1. The summed E-state index contributed by atoms with van der Waals surface area (Å²) in [5.41, 5.74) is -0.300. The lowest BCUT2D eigenvalue weighted by Crippen LogP contribution is -2.29. The molecule has 28 heavy (non-hydrogen) atoms. The number of pyridine rings is 1. The smallest absolute Gasteiger partial charge is 0.290 e. The van der Waals surface area contributed by atoms with E-state index >= 15 is 0 Å². The van der Waals surface area contributed by atoms with Gasteiger partial charge in [-0.25, -0.2) is 18.2 Å². The summed E-state index contributed by atoms with van der Waals surface area (Å²) < 4.78 is 41.8. The van der Waals surface area contributed by atoms with E-state index in [1.165, 1.54) is 4.40 Å². The molecule has 2 aromatic heterocycles. The van der Waals surface area contributed by atoms with Gasteiger partial charge >= 0.3 is 0 Å². The Labute approximate surface area is 157 Å². The third kappa shape index (κ3) is 2.98. The molecule has 0 radical (unpaired) electrons. The highest BCUT2D eigenvalue weighted by Crippen LogP contribution is 2.22. The van der Waals surface area contributed by atoms with Crippen molar-refractivity contribution in [3.05, 3.63) is 65.5 Å². The molecule has 4 rings (SSSR count). The molecule has 0 unspecified atom stereocenters. The largest absolute Gasteiger partial charge is 0.336 e. The Hall–Kier alpha value is -3.36. The Morgan fingerprint density at radius 1 is 1.00 bits per heavy atom. The minimum atomic E-state index is -1.68. The van der Waals surface area contributed by atoms with Crippen LogP contribution in [0.4, 0.5) is 18.9 Å². The summed E-state index contributed by atoms with van der Waals surface area (Å²) in [5.74, 6) is -5.64. The van der Waals surface area contributed by atoms with Gasteiger partial charge < -0.3 is 10.2 Å². The Morgan fingerprint density at radius 3 is 2.50 bits per heavy atom. The minimum Gasteiger partial charge on any atom is -0.336 e.